The summed E-state index contributed by atoms with van der Waals surface area (Å²) in [7, 11) is 0. The van der Waals surface area contributed by atoms with E-state index in [-0.39, 0.29) is 23.6 Å². The normalized spacial score (nSPS) is 24.5. The fraction of sp³-hybridized carbons (Fsp3) is 0.765. The molecule has 2 fully saturated rings. The van der Waals surface area contributed by atoms with Gasteiger partial charge < -0.3 is 15.4 Å². The van der Waals surface area contributed by atoms with E-state index in [1.165, 1.54) is 12.8 Å². The summed E-state index contributed by atoms with van der Waals surface area (Å²) < 4.78 is 6.02. The van der Waals surface area contributed by atoms with E-state index in [0.717, 1.165) is 43.0 Å². The zero-order valence-corrected chi connectivity index (χ0v) is 14.9. The van der Waals surface area contributed by atoms with Crippen molar-refractivity contribution in [3.8, 4) is 0 Å². The van der Waals surface area contributed by atoms with Gasteiger partial charge in [0.2, 0.25) is 0 Å². The number of carbonyl (C=O) groups is 1. The summed E-state index contributed by atoms with van der Waals surface area (Å²) in [5, 5.41) is 9.26. The topological polar surface area (TPSA) is 63.2 Å². The average Bonchev–Trinajstić information content (AvgIpc) is 3.14. The van der Waals surface area contributed by atoms with Crippen molar-refractivity contribution in [3.63, 3.8) is 0 Å². The Labute approximate surface area is 142 Å². The molecule has 1 aromatic heterocycles. The third kappa shape index (κ3) is 4.23. The van der Waals surface area contributed by atoms with Crippen molar-refractivity contribution in [1.82, 2.24) is 15.6 Å². The fourth-order valence-corrected chi connectivity index (χ4v) is 4.54. The third-order valence-corrected chi connectivity index (χ3v) is 6.16. The number of ether oxygens (including phenoxy) is 1. The quantitative estimate of drug-likeness (QED) is 0.885. The van der Waals surface area contributed by atoms with E-state index in [0.29, 0.717) is 6.54 Å². The zero-order chi connectivity index (χ0) is 16.3. The number of hydrogen-bond donors (Lipinski definition) is 2. The van der Waals surface area contributed by atoms with Crippen molar-refractivity contribution in [2.75, 3.05) is 13.2 Å². The average molecular weight is 337 g/mol. The van der Waals surface area contributed by atoms with Crippen LogP contribution in [0, 0.1) is 6.92 Å². The third-order valence-electron chi connectivity index (χ3n) is 4.97. The standard InChI is InChI=1S/C17H27N3O2S/c1-12(15-19-13(2)11-23-15)10-18-16(21)20-14-5-8-22-17(9-14)6-3-4-7-17/h11-12,14H,3-10H2,1-2H3,(H2,18,20,21)/t12-,14-/m1/s1. The van der Waals surface area contributed by atoms with Gasteiger partial charge in [0.15, 0.2) is 0 Å². The number of nitrogens with one attached hydrogen (secondary N) is 2. The molecule has 1 spiro atoms. The molecule has 2 atom stereocenters. The molecule has 2 aliphatic rings. The Bertz CT molecular complexity index is 540. The lowest BCUT2D eigenvalue weighted by Crippen LogP contribution is -2.50. The molecule has 0 radical (unpaired) electrons. The van der Waals surface area contributed by atoms with Gasteiger partial charge in [-0.2, -0.15) is 0 Å². The second-order valence-electron chi connectivity index (χ2n) is 7.01. The van der Waals surface area contributed by atoms with Gasteiger partial charge in [-0.15, -0.1) is 11.3 Å². The second kappa shape index (κ2) is 7.18. The Morgan fingerprint density at radius 2 is 2.30 bits per heavy atom. The smallest absolute Gasteiger partial charge is 0.315 e. The van der Waals surface area contributed by atoms with Crippen molar-refractivity contribution >= 4 is 17.4 Å². The molecule has 5 nitrogen and oxygen atoms in total. The number of amides is 2. The van der Waals surface area contributed by atoms with Crippen molar-refractivity contribution in [3.05, 3.63) is 16.1 Å². The fourth-order valence-electron chi connectivity index (χ4n) is 3.69. The van der Waals surface area contributed by atoms with Crippen LogP contribution in [0.3, 0.4) is 0 Å². The summed E-state index contributed by atoms with van der Waals surface area (Å²) in [6.45, 7) is 5.48. The molecule has 128 valence electrons. The minimum Gasteiger partial charge on any atom is -0.375 e. The minimum atomic E-state index is -0.0647. The van der Waals surface area contributed by atoms with E-state index in [1.807, 2.05) is 6.92 Å². The maximum absolute atomic E-state index is 12.2. The molecule has 2 amide bonds. The van der Waals surface area contributed by atoms with Crippen LogP contribution in [0.25, 0.3) is 0 Å². The van der Waals surface area contributed by atoms with E-state index in [4.69, 9.17) is 4.74 Å². The highest BCUT2D eigenvalue weighted by Crippen LogP contribution is 2.39. The summed E-state index contributed by atoms with van der Waals surface area (Å²) in [5.74, 6) is 0.246. The monoisotopic (exact) mass is 337 g/mol. The lowest BCUT2D eigenvalue weighted by molar-refractivity contribution is -0.0820. The summed E-state index contributed by atoms with van der Waals surface area (Å²) in [6.07, 6.45) is 6.67. The van der Waals surface area contributed by atoms with Crippen molar-refractivity contribution in [2.45, 2.75) is 69.9 Å². The molecule has 1 aliphatic carbocycles. The van der Waals surface area contributed by atoms with Gasteiger partial charge in [0.25, 0.3) is 0 Å². The molecule has 1 aliphatic heterocycles. The van der Waals surface area contributed by atoms with Crippen molar-refractivity contribution in [2.24, 2.45) is 0 Å². The summed E-state index contributed by atoms with van der Waals surface area (Å²) in [5.41, 5.74) is 1.09. The molecule has 2 N–H and O–H groups in total. The Morgan fingerprint density at radius 1 is 1.52 bits per heavy atom. The summed E-state index contributed by atoms with van der Waals surface area (Å²) >= 11 is 1.66. The van der Waals surface area contributed by atoms with Gasteiger partial charge in [0.05, 0.1) is 10.6 Å². The maximum atomic E-state index is 12.2. The molecule has 0 aromatic carbocycles. The Balaban J connectivity index is 1.44. The van der Waals surface area contributed by atoms with Gasteiger partial charge in [-0.25, -0.2) is 9.78 Å². The van der Waals surface area contributed by atoms with Crippen LogP contribution in [-0.2, 0) is 4.74 Å². The van der Waals surface area contributed by atoms with Crippen LogP contribution in [0.15, 0.2) is 5.38 Å². The SMILES string of the molecule is Cc1csc([C@H](C)CNC(=O)N[C@@H]2CCOC3(CCCC3)C2)n1. The molecule has 6 heteroatoms. The summed E-state index contributed by atoms with van der Waals surface area (Å²) in [4.78, 5) is 16.7. The van der Waals surface area contributed by atoms with Crippen LogP contribution in [0.1, 0.15) is 62.1 Å². The van der Waals surface area contributed by atoms with Crippen LogP contribution in [-0.4, -0.2) is 35.8 Å². The van der Waals surface area contributed by atoms with Gasteiger partial charge in [-0.05, 0) is 32.6 Å². The van der Waals surface area contributed by atoms with Crippen molar-refractivity contribution < 1.29 is 9.53 Å². The number of aryl methyl sites for hydroxylation is 1. The molecule has 1 saturated heterocycles. The van der Waals surface area contributed by atoms with Gasteiger partial charge in [0, 0.05) is 36.2 Å². The highest BCUT2D eigenvalue weighted by molar-refractivity contribution is 7.09. The Kier molecular flexibility index (Phi) is 5.21. The van der Waals surface area contributed by atoms with E-state index < -0.39 is 0 Å². The van der Waals surface area contributed by atoms with E-state index in [1.54, 1.807) is 11.3 Å². The molecule has 0 bridgehead atoms. The molecule has 3 rings (SSSR count). The molecule has 23 heavy (non-hydrogen) atoms. The number of thiazole rings is 1. The summed E-state index contributed by atoms with van der Waals surface area (Å²) in [6, 6.07) is 0.171. The molecule has 1 aromatic rings. The number of rotatable bonds is 4. The Hall–Kier alpha value is -1.14. The molecule has 2 heterocycles. The number of aromatic nitrogens is 1. The maximum Gasteiger partial charge on any atom is 0.315 e. The van der Waals surface area contributed by atoms with Gasteiger partial charge >= 0.3 is 6.03 Å². The minimum absolute atomic E-state index is 0.0436. The molecular formula is C17H27N3O2S. The predicted molar refractivity (Wildman–Crippen MR) is 92.0 cm³/mol. The molecular weight excluding hydrogens is 310 g/mol. The number of carbonyl (C=O) groups excluding carboxylic acids is 1. The van der Waals surface area contributed by atoms with Crippen molar-refractivity contribution in [1.29, 1.82) is 0 Å². The highest BCUT2D eigenvalue weighted by Gasteiger charge is 2.40. The van der Waals surface area contributed by atoms with Gasteiger partial charge in [0.1, 0.15) is 0 Å². The first-order chi connectivity index (χ1) is 11.1. The first kappa shape index (κ1) is 16.7. The van der Waals surface area contributed by atoms with E-state index >= 15 is 0 Å². The van der Waals surface area contributed by atoms with Gasteiger partial charge in [-0.3, -0.25) is 0 Å². The zero-order valence-electron chi connectivity index (χ0n) is 14.1. The van der Waals surface area contributed by atoms with E-state index in [9.17, 15) is 4.79 Å². The number of nitrogens with zero attached hydrogens (tertiary/aromatic N) is 1. The Morgan fingerprint density at radius 3 is 3.00 bits per heavy atom. The van der Waals surface area contributed by atoms with Crippen LogP contribution >= 0.6 is 11.3 Å². The predicted octanol–water partition coefficient (Wildman–Crippen LogP) is 3.35. The van der Waals surface area contributed by atoms with Crippen LogP contribution in [0.2, 0.25) is 0 Å². The first-order valence-electron chi connectivity index (χ1n) is 8.67. The van der Waals surface area contributed by atoms with Crippen LogP contribution in [0.5, 0.6) is 0 Å². The van der Waals surface area contributed by atoms with Gasteiger partial charge in [-0.1, -0.05) is 19.8 Å². The van der Waals surface area contributed by atoms with E-state index in [2.05, 4.69) is 27.9 Å². The molecule has 0 unspecified atom stereocenters. The lowest BCUT2D eigenvalue weighted by Gasteiger charge is -2.38. The molecule has 1 saturated carbocycles. The number of urea groups is 1. The highest BCUT2D eigenvalue weighted by atomic mass is 32.1. The van der Waals surface area contributed by atoms with Crippen LogP contribution < -0.4 is 10.6 Å². The lowest BCUT2D eigenvalue weighted by atomic mass is 9.89. The first-order valence-corrected chi connectivity index (χ1v) is 9.55. The largest absolute Gasteiger partial charge is 0.375 e. The number of hydrogen-bond acceptors (Lipinski definition) is 4. The van der Waals surface area contributed by atoms with Crippen LogP contribution in [0.4, 0.5) is 4.79 Å². The second-order valence-corrected chi connectivity index (χ2v) is 7.90.